The van der Waals surface area contributed by atoms with Crippen molar-refractivity contribution in [2.75, 3.05) is 19.8 Å². The molecular formula is C75H125NO13. The molecule has 2 heterocycles. The number of unbranched alkanes of at least 4 members (excludes halogenated alkanes) is 22. The van der Waals surface area contributed by atoms with Crippen molar-refractivity contribution in [3.05, 3.63) is 134 Å². The molecule has 0 saturated carbocycles. The second-order valence-corrected chi connectivity index (χ2v) is 23.9. The summed E-state index contributed by atoms with van der Waals surface area (Å²) in [5.41, 5.74) is 0. The van der Waals surface area contributed by atoms with Crippen LogP contribution in [0.25, 0.3) is 0 Å². The first-order valence-electron chi connectivity index (χ1n) is 34.9. The standard InChI is InChI=1S/C75H125NO13/c1-3-5-7-9-11-13-15-17-19-21-23-25-27-29-31-32-33-35-37-39-41-43-45-47-49-51-53-55-57-59-67(80)76-63(62-86-74-72(85)70(83)73(66(61-78)88-74)89-75-71(84)69(82)68(81)65(60-77)87-75)64(79)58-56-54-52-50-48-46-44-42-40-38-36-34-30-28-26-24-22-20-18-16-14-12-10-8-6-4-2/h5,7,11,13,17,19,23,25,29,31,33,35,39,41,45,47-48,50-51,53,56,58,63-66,68-75,77-79,81-85H,3-4,6,8-10,12,14-16,18,20-22,24,26-28,30,32,34,36-38,40,42-44,46,49,52,54-55,57,59-62H2,1-2H3,(H,76,80)/b7-5-,13-11-,19-17-,25-23-,31-29-,35-33-,41-39-,47-45-,50-48+,53-51-,58-56+. The van der Waals surface area contributed by atoms with Gasteiger partial charge in [0.25, 0.3) is 0 Å². The maximum Gasteiger partial charge on any atom is 0.220 e. The first-order valence-corrected chi connectivity index (χ1v) is 34.9. The molecule has 2 aliphatic rings. The van der Waals surface area contributed by atoms with Crippen molar-refractivity contribution in [1.29, 1.82) is 0 Å². The van der Waals surface area contributed by atoms with Gasteiger partial charge in [-0.25, -0.2) is 0 Å². The average Bonchev–Trinajstić information content (AvgIpc) is 2.51. The highest BCUT2D eigenvalue weighted by atomic mass is 16.7. The Morgan fingerprint density at radius 1 is 0.416 bits per heavy atom. The summed E-state index contributed by atoms with van der Waals surface area (Å²) in [6.07, 6.45) is 69.4. The lowest BCUT2D eigenvalue weighted by Crippen LogP contribution is -2.65. The number of aliphatic hydroxyl groups is 8. The van der Waals surface area contributed by atoms with Gasteiger partial charge in [0.05, 0.1) is 32.0 Å². The summed E-state index contributed by atoms with van der Waals surface area (Å²) in [6.45, 7) is 2.64. The molecule has 2 saturated heterocycles. The molecule has 14 nitrogen and oxygen atoms in total. The molecule has 2 fully saturated rings. The Bertz CT molecular complexity index is 2010. The summed E-state index contributed by atoms with van der Waals surface area (Å²) < 4.78 is 22.8. The zero-order valence-electron chi connectivity index (χ0n) is 55.1. The van der Waals surface area contributed by atoms with Crippen LogP contribution < -0.4 is 5.32 Å². The number of ether oxygens (including phenoxy) is 4. The minimum atomic E-state index is -1.80. The lowest BCUT2D eigenvalue weighted by Gasteiger charge is -2.46. The highest BCUT2D eigenvalue weighted by Gasteiger charge is 2.51. The van der Waals surface area contributed by atoms with Crippen LogP contribution in [0.4, 0.5) is 0 Å². The molecular weight excluding hydrogens is 1120 g/mol. The fraction of sp³-hybridized carbons (Fsp3) is 0.693. The predicted octanol–water partition coefficient (Wildman–Crippen LogP) is 14.3. The third-order valence-electron chi connectivity index (χ3n) is 16.1. The minimum absolute atomic E-state index is 0.184. The molecule has 0 aromatic carbocycles. The van der Waals surface area contributed by atoms with Crippen LogP contribution in [-0.4, -0.2) is 140 Å². The van der Waals surface area contributed by atoms with Gasteiger partial charge in [-0.3, -0.25) is 4.79 Å². The summed E-state index contributed by atoms with van der Waals surface area (Å²) in [4.78, 5) is 13.3. The molecule has 89 heavy (non-hydrogen) atoms. The Kier molecular flexibility index (Phi) is 52.9. The van der Waals surface area contributed by atoms with Crippen LogP contribution in [0.3, 0.4) is 0 Å². The third-order valence-corrected chi connectivity index (χ3v) is 16.1. The number of amides is 1. The van der Waals surface area contributed by atoms with Crippen LogP contribution in [0.2, 0.25) is 0 Å². The lowest BCUT2D eigenvalue weighted by atomic mass is 9.97. The minimum Gasteiger partial charge on any atom is -0.394 e. The first kappa shape index (κ1) is 81.2. The number of aliphatic hydroxyl groups excluding tert-OH is 8. The lowest BCUT2D eigenvalue weighted by molar-refractivity contribution is -0.359. The summed E-state index contributed by atoms with van der Waals surface area (Å²) in [7, 11) is 0. The molecule has 14 heteroatoms. The SMILES string of the molecule is CC/C=C\C/C=C\C/C=C\C/C=C\C/C=C\C/C=C\C/C=C\C/C=C\C/C=C\CCCC(=O)NC(COC1OC(CO)C(OC2OC(CO)C(O)C(O)C2O)C(O)C1O)C(O)/C=C/CC/C=C/CCCCCCCCCCCCCCCCCCCCCC. The smallest absolute Gasteiger partial charge is 0.220 e. The molecule has 0 bridgehead atoms. The molecule has 0 aromatic heterocycles. The van der Waals surface area contributed by atoms with Gasteiger partial charge in [-0.15, -0.1) is 0 Å². The molecule has 0 aromatic rings. The molecule has 0 radical (unpaired) electrons. The Morgan fingerprint density at radius 2 is 0.787 bits per heavy atom. The Balaban J connectivity index is 1.75. The van der Waals surface area contributed by atoms with E-state index in [0.717, 1.165) is 70.6 Å². The fourth-order valence-electron chi connectivity index (χ4n) is 10.5. The van der Waals surface area contributed by atoms with E-state index in [4.69, 9.17) is 18.9 Å². The summed E-state index contributed by atoms with van der Waals surface area (Å²) in [6, 6.07) is -0.975. The average molecular weight is 1250 g/mol. The van der Waals surface area contributed by atoms with Crippen LogP contribution >= 0.6 is 0 Å². The highest BCUT2D eigenvalue weighted by Crippen LogP contribution is 2.30. The number of nitrogens with one attached hydrogen (secondary N) is 1. The number of rotatable bonds is 55. The number of hydrogen-bond acceptors (Lipinski definition) is 13. The molecule has 2 aliphatic heterocycles. The van der Waals surface area contributed by atoms with Gasteiger partial charge < -0.3 is 65.1 Å². The van der Waals surface area contributed by atoms with Crippen LogP contribution in [0, 0.1) is 0 Å². The monoisotopic (exact) mass is 1250 g/mol. The Labute approximate surface area is 539 Å². The Morgan fingerprint density at radius 3 is 1.24 bits per heavy atom. The highest BCUT2D eigenvalue weighted by molar-refractivity contribution is 5.76. The molecule has 12 unspecified atom stereocenters. The van der Waals surface area contributed by atoms with Crippen molar-refractivity contribution in [2.24, 2.45) is 0 Å². The zero-order chi connectivity index (χ0) is 64.5. The van der Waals surface area contributed by atoms with E-state index >= 15 is 0 Å². The van der Waals surface area contributed by atoms with E-state index in [1.807, 2.05) is 12.2 Å². The van der Waals surface area contributed by atoms with Crippen LogP contribution in [-0.2, 0) is 23.7 Å². The summed E-state index contributed by atoms with van der Waals surface area (Å²) >= 11 is 0. The molecule has 0 spiro atoms. The number of allylic oxidation sites excluding steroid dienone is 21. The number of carbonyl (C=O) groups excluding carboxylic acids is 1. The maximum absolute atomic E-state index is 13.3. The van der Waals surface area contributed by atoms with Crippen molar-refractivity contribution in [3.8, 4) is 0 Å². The van der Waals surface area contributed by atoms with Crippen LogP contribution in [0.1, 0.15) is 239 Å². The molecule has 12 atom stereocenters. The van der Waals surface area contributed by atoms with Crippen LogP contribution in [0.15, 0.2) is 134 Å². The van der Waals surface area contributed by atoms with Gasteiger partial charge in [0, 0.05) is 6.42 Å². The van der Waals surface area contributed by atoms with E-state index in [-0.39, 0.29) is 18.9 Å². The van der Waals surface area contributed by atoms with E-state index in [1.165, 1.54) is 128 Å². The van der Waals surface area contributed by atoms with Crippen molar-refractivity contribution in [3.63, 3.8) is 0 Å². The fourth-order valence-corrected chi connectivity index (χ4v) is 10.5. The predicted molar refractivity (Wildman–Crippen MR) is 364 cm³/mol. The zero-order valence-corrected chi connectivity index (χ0v) is 55.1. The summed E-state index contributed by atoms with van der Waals surface area (Å²) in [5, 5.41) is 87.3. The normalized spacial score (nSPS) is 23.9. The van der Waals surface area contributed by atoms with Gasteiger partial charge in [-0.05, 0) is 96.3 Å². The largest absolute Gasteiger partial charge is 0.394 e. The van der Waals surface area contributed by atoms with Gasteiger partial charge in [0.15, 0.2) is 12.6 Å². The maximum atomic E-state index is 13.3. The second kappa shape index (κ2) is 58.0. The van der Waals surface area contributed by atoms with Crippen molar-refractivity contribution in [1.82, 2.24) is 5.32 Å². The first-order chi connectivity index (χ1) is 43.6. The van der Waals surface area contributed by atoms with Crippen LogP contribution in [0.5, 0.6) is 0 Å². The second-order valence-electron chi connectivity index (χ2n) is 23.9. The van der Waals surface area contributed by atoms with Crippen molar-refractivity contribution in [2.45, 2.75) is 312 Å². The summed E-state index contributed by atoms with van der Waals surface area (Å²) in [5.74, 6) is -0.311. The number of carbonyl (C=O) groups is 1. The van der Waals surface area contributed by atoms with Gasteiger partial charge in [0.1, 0.15) is 48.8 Å². The van der Waals surface area contributed by atoms with E-state index in [0.29, 0.717) is 19.3 Å². The molecule has 1 amide bonds. The van der Waals surface area contributed by atoms with E-state index < -0.39 is 86.8 Å². The van der Waals surface area contributed by atoms with Gasteiger partial charge >= 0.3 is 0 Å². The van der Waals surface area contributed by atoms with Gasteiger partial charge in [-0.1, -0.05) is 270 Å². The topological polar surface area (TPSA) is 228 Å². The van der Waals surface area contributed by atoms with E-state index in [2.05, 4.69) is 135 Å². The van der Waals surface area contributed by atoms with Crippen molar-refractivity contribution >= 4 is 5.91 Å². The van der Waals surface area contributed by atoms with Gasteiger partial charge in [0.2, 0.25) is 5.91 Å². The van der Waals surface area contributed by atoms with Gasteiger partial charge in [-0.2, -0.15) is 0 Å². The molecule has 0 aliphatic carbocycles. The third kappa shape index (κ3) is 42.1. The van der Waals surface area contributed by atoms with Crippen molar-refractivity contribution < 1.29 is 64.6 Å². The quantitative estimate of drug-likeness (QED) is 0.0204. The molecule has 9 N–H and O–H groups in total. The number of hydrogen-bond donors (Lipinski definition) is 9. The van der Waals surface area contributed by atoms with E-state index in [1.54, 1.807) is 6.08 Å². The molecule has 2 rings (SSSR count). The molecule has 508 valence electrons. The Hall–Kier alpha value is -3.87. The van der Waals surface area contributed by atoms with E-state index in [9.17, 15) is 45.6 Å².